The molecule has 1 aliphatic rings. The summed E-state index contributed by atoms with van der Waals surface area (Å²) in [6.07, 6.45) is -0.0313. The minimum atomic E-state index is -1.96. The summed E-state index contributed by atoms with van der Waals surface area (Å²) in [7, 11) is 1.17. The molecule has 1 aliphatic heterocycles. The van der Waals surface area contributed by atoms with Gasteiger partial charge in [0.15, 0.2) is 0 Å². The van der Waals surface area contributed by atoms with Gasteiger partial charge in [-0.3, -0.25) is 4.79 Å². The van der Waals surface area contributed by atoms with E-state index in [-0.39, 0.29) is 31.8 Å². The summed E-state index contributed by atoms with van der Waals surface area (Å²) in [6.45, 7) is 0.443. The molecule has 1 fully saturated rings. The van der Waals surface area contributed by atoms with E-state index in [9.17, 15) is 14.0 Å². The molecule has 0 saturated carbocycles. The summed E-state index contributed by atoms with van der Waals surface area (Å²) < 4.78 is 18.6. The molecule has 0 spiro atoms. The second-order valence-corrected chi connectivity index (χ2v) is 4.62. The Bertz CT molecular complexity index is 467. The minimum absolute atomic E-state index is 0.0156. The van der Waals surface area contributed by atoms with E-state index in [0.29, 0.717) is 5.56 Å². The number of alkyl halides is 1. The first-order chi connectivity index (χ1) is 9.07. The normalized spacial score (nSPS) is 17.9. The number of hydrogen-bond acceptors (Lipinski definition) is 3. The van der Waals surface area contributed by atoms with E-state index >= 15 is 0 Å². The Hall–Kier alpha value is -1.91. The molecule has 0 aromatic heterocycles. The lowest BCUT2D eigenvalue weighted by atomic mass is 9.93. The lowest BCUT2D eigenvalue weighted by molar-refractivity contribution is -0.157. The third-order valence-electron chi connectivity index (χ3n) is 3.42. The Balaban J connectivity index is 2.01. The van der Waals surface area contributed by atoms with Crippen LogP contribution in [0.15, 0.2) is 30.3 Å². The van der Waals surface area contributed by atoms with Gasteiger partial charge in [-0.05, 0) is 12.1 Å². The fourth-order valence-corrected chi connectivity index (χ4v) is 2.21. The van der Waals surface area contributed by atoms with E-state index in [1.54, 1.807) is 29.2 Å². The Kier molecular flexibility index (Phi) is 3.83. The first-order valence-corrected chi connectivity index (χ1v) is 6.18. The number of carbonyl (C=O) groups excluding carboxylic acids is 2. The third-order valence-corrected chi connectivity index (χ3v) is 3.42. The Morgan fingerprint density at radius 3 is 2.32 bits per heavy atom. The van der Waals surface area contributed by atoms with Crippen LogP contribution < -0.4 is 0 Å². The number of nitrogens with zero attached hydrogens (tertiary/aromatic N) is 1. The minimum Gasteiger partial charge on any atom is -0.467 e. The summed E-state index contributed by atoms with van der Waals surface area (Å²) >= 11 is 0. The number of carbonyl (C=O) groups is 2. The Morgan fingerprint density at radius 2 is 1.79 bits per heavy atom. The lowest BCUT2D eigenvalue weighted by Crippen LogP contribution is -2.48. The first-order valence-electron chi connectivity index (χ1n) is 6.18. The largest absolute Gasteiger partial charge is 0.467 e. The summed E-state index contributed by atoms with van der Waals surface area (Å²) in [5.74, 6) is -0.980. The maximum Gasteiger partial charge on any atom is 0.343 e. The number of ether oxygens (including phenoxy) is 1. The van der Waals surface area contributed by atoms with E-state index in [2.05, 4.69) is 4.74 Å². The third kappa shape index (κ3) is 2.75. The molecule has 1 saturated heterocycles. The van der Waals surface area contributed by atoms with Gasteiger partial charge in [-0.2, -0.15) is 0 Å². The van der Waals surface area contributed by atoms with Crippen molar-refractivity contribution in [2.75, 3.05) is 20.2 Å². The van der Waals surface area contributed by atoms with Crippen LogP contribution in [0.5, 0.6) is 0 Å². The number of rotatable bonds is 2. The van der Waals surface area contributed by atoms with E-state index in [0.717, 1.165) is 0 Å². The van der Waals surface area contributed by atoms with Crippen molar-refractivity contribution in [2.24, 2.45) is 0 Å². The van der Waals surface area contributed by atoms with Gasteiger partial charge in [-0.15, -0.1) is 0 Å². The molecule has 0 radical (unpaired) electrons. The summed E-state index contributed by atoms with van der Waals surface area (Å²) in [5.41, 5.74) is -1.38. The van der Waals surface area contributed by atoms with Crippen LogP contribution in [0.3, 0.4) is 0 Å². The van der Waals surface area contributed by atoms with Crippen LogP contribution in [-0.4, -0.2) is 42.6 Å². The zero-order valence-corrected chi connectivity index (χ0v) is 10.8. The second kappa shape index (κ2) is 5.38. The van der Waals surface area contributed by atoms with Crippen LogP contribution in [-0.2, 0) is 9.53 Å². The highest BCUT2D eigenvalue weighted by molar-refractivity contribution is 5.94. The predicted octanol–water partition coefficient (Wildman–Crippen LogP) is 1.80. The van der Waals surface area contributed by atoms with Gasteiger partial charge in [0.25, 0.3) is 5.91 Å². The highest BCUT2D eigenvalue weighted by atomic mass is 19.1. The van der Waals surface area contributed by atoms with Gasteiger partial charge in [-0.1, -0.05) is 18.2 Å². The molecule has 0 bridgehead atoms. The van der Waals surface area contributed by atoms with Gasteiger partial charge < -0.3 is 9.64 Å². The topological polar surface area (TPSA) is 46.6 Å². The van der Waals surface area contributed by atoms with Crippen molar-refractivity contribution in [1.29, 1.82) is 0 Å². The number of halogens is 1. The van der Waals surface area contributed by atoms with Crippen molar-refractivity contribution in [3.8, 4) is 0 Å². The van der Waals surface area contributed by atoms with Crippen molar-refractivity contribution in [1.82, 2.24) is 4.90 Å². The number of likely N-dealkylation sites (tertiary alicyclic amines) is 1. The van der Waals surface area contributed by atoms with Crippen molar-refractivity contribution in [2.45, 2.75) is 18.5 Å². The average Bonchev–Trinajstić information content (AvgIpc) is 2.47. The van der Waals surface area contributed by atoms with Crippen molar-refractivity contribution in [3.05, 3.63) is 35.9 Å². The molecule has 4 nitrogen and oxygen atoms in total. The van der Waals surface area contributed by atoms with Crippen molar-refractivity contribution < 1.29 is 18.7 Å². The van der Waals surface area contributed by atoms with Crippen molar-refractivity contribution in [3.63, 3.8) is 0 Å². The summed E-state index contributed by atoms with van der Waals surface area (Å²) in [6, 6.07) is 8.84. The van der Waals surface area contributed by atoms with Gasteiger partial charge >= 0.3 is 5.97 Å². The van der Waals surface area contributed by atoms with Crippen LogP contribution in [0.4, 0.5) is 4.39 Å². The molecule has 1 aromatic rings. The van der Waals surface area contributed by atoms with Crippen LogP contribution in [0.2, 0.25) is 0 Å². The maximum atomic E-state index is 14.2. The molecule has 5 heteroatoms. The molecular formula is C14H16FNO3. The number of benzene rings is 1. The van der Waals surface area contributed by atoms with Crippen LogP contribution in [0.1, 0.15) is 23.2 Å². The standard InChI is InChI=1S/C14H16FNO3/c1-19-13(18)14(15)7-9-16(10-8-14)12(17)11-5-3-2-4-6-11/h2-6H,7-10H2,1H3. The molecule has 19 heavy (non-hydrogen) atoms. The van der Waals surface area contributed by atoms with Gasteiger partial charge in [0.1, 0.15) is 0 Å². The molecule has 2 rings (SSSR count). The average molecular weight is 265 g/mol. The van der Waals surface area contributed by atoms with E-state index in [1.807, 2.05) is 6.07 Å². The molecule has 1 heterocycles. The molecule has 0 atom stereocenters. The zero-order valence-electron chi connectivity index (χ0n) is 10.8. The molecule has 1 aromatic carbocycles. The predicted molar refractivity (Wildman–Crippen MR) is 67.4 cm³/mol. The van der Waals surface area contributed by atoms with E-state index < -0.39 is 11.6 Å². The van der Waals surface area contributed by atoms with E-state index in [4.69, 9.17) is 0 Å². The fourth-order valence-electron chi connectivity index (χ4n) is 2.21. The van der Waals surface area contributed by atoms with E-state index in [1.165, 1.54) is 7.11 Å². The molecular weight excluding hydrogens is 249 g/mol. The second-order valence-electron chi connectivity index (χ2n) is 4.62. The fraction of sp³-hybridized carbons (Fsp3) is 0.429. The summed E-state index contributed by atoms with van der Waals surface area (Å²) in [4.78, 5) is 25.0. The smallest absolute Gasteiger partial charge is 0.343 e. The molecule has 0 N–H and O–H groups in total. The number of methoxy groups -OCH3 is 1. The van der Waals surface area contributed by atoms with Crippen LogP contribution in [0.25, 0.3) is 0 Å². The van der Waals surface area contributed by atoms with Gasteiger partial charge in [0.05, 0.1) is 7.11 Å². The number of amides is 1. The lowest BCUT2D eigenvalue weighted by Gasteiger charge is -2.34. The van der Waals surface area contributed by atoms with Crippen molar-refractivity contribution >= 4 is 11.9 Å². The SMILES string of the molecule is COC(=O)C1(F)CCN(C(=O)c2ccccc2)CC1. The Morgan fingerprint density at radius 1 is 1.21 bits per heavy atom. The molecule has 102 valence electrons. The quantitative estimate of drug-likeness (QED) is 0.766. The summed E-state index contributed by atoms with van der Waals surface area (Å²) in [5, 5.41) is 0. The number of esters is 1. The first kappa shape index (κ1) is 13.5. The maximum absolute atomic E-state index is 14.2. The zero-order chi connectivity index (χ0) is 13.9. The van der Waals surface area contributed by atoms with Gasteiger partial charge in [-0.25, -0.2) is 9.18 Å². The number of piperidine rings is 1. The highest BCUT2D eigenvalue weighted by Crippen LogP contribution is 2.28. The Labute approximate surface area is 111 Å². The number of hydrogen-bond donors (Lipinski definition) is 0. The van der Waals surface area contributed by atoms with Crippen LogP contribution in [0, 0.1) is 0 Å². The molecule has 0 unspecified atom stereocenters. The van der Waals surface area contributed by atoms with Gasteiger partial charge in [0, 0.05) is 31.5 Å². The molecule has 1 amide bonds. The molecule has 0 aliphatic carbocycles. The monoisotopic (exact) mass is 265 g/mol. The van der Waals surface area contributed by atoms with Gasteiger partial charge in [0.2, 0.25) is 5.67 Å². The van der Waals surface area contributed by atoms with Crippen LogP contribution >= 0.6 is 0 Å². The highest BCUT2D eigenvalue weighted by Gasteiger charge is 2.43.